The molecule has 1 atom stereocenters. The van der Waals surface area contributed by atoms with Crippen molar-refractivity contribution in [2.24, 2.45) is 4.99 Å². The van der Waals surface area contributed by atoms with E-state index in [0.717, 1.165) is 57.6 Å². The van der Waals surface area contributed by atoms with E-state index < -0.39 is 0 Å². The van der Waals surface area contributed by atoms with E-state index in [-0.39, 0.29) is 30.0 Å². The molecule has 1 aliphatic heterocycles. The highest BCUT2D eigenvalue weighted by Gasteiger charge is 2.23. The number of halogens is 1. The highest BCUT2D eigenvalue weighted by Crippen LogP contribution is 2.23. The largest absolute Gasteiger partial charge is 0.497 e. The molecule has 8 heteroatoms. The van der Waals surface area contributed by atoms with Crippen molar-refractivity contribution in [3.63, 3.8) is 0 Å². The molecule has 0 aromatic heterocycles. The Kier molecular flexibility index (Phi) is 11.9. The third kappa shape index (κ3) is 8.77. The van der Waals surface area contributed by atoms with Crippen molar-refractivity contribution in [1.82, 2.24) is 20.4 Å². The van der Waals surface area contributed by atoms with Gasteiger partial charge in [-0.05, 0) is 42.9 Å². The van der Waals surface area contributed by atoms with E-state index in [1.165, 1.54) is 16.7 Å². The molecule has 2 aromatic carbocycles. The van der Waals surface area contributed by atoms with Crippen molar-refractivity contribution >= 4 is 29.9 Å². The molecule has 0 spiro atoms. The lowest BCUT2D eigenvalue weighted by atomic mass is 10.0. The van der Waals surface area contributed by atoms with Crippen LogP contribution in [0, 0.1) is 0 Å². The van der Waals surface area contributed by atoms with Gasteiger partial charge in [0, 0.05) is 39.8 Å². The highest BCUT2D eigenvalue weighted by molar-refractivity contribution is 14.0. The summed E-state index contributed by atoms with van der Waals surface area (Å²) in [6, 6.07) is 17.2. The van der Waals surface area contributed by atoms with Crippen molar-refractivity contribution < 1.29 is 9.47 Å². The number of nitrogens with one attached hydrogen (secondary N) is 2. The van der Waals surface area contributed by atoms with Gasteiger partial charge < -0.3 is 25.0 Å². The molecule has 1 aliphatic rings. The molecule has 1 heterocycles. The molecular formula is C25H38IN5O2. The predicted molar refractivity (Wildman–Crippen MR) is 146 cm³/mol. The number of aliphatic imine (C=N–C) groups is 1. The van der Waals surface area contributed by atoms with Crippen molar-refractivity contribution in [3.05, 3.63) is 65.2 Å². The first kappa shape index (κ1) is 27.4. The first-order chi connectivity index (χ1) is 15.6. The van der Waals surface area contributed by atoms with Crippen LogP contribution in [0.3, 0.4) is 0 Å². The van der Waals surface area contributed by atoms with Crippen LogP contribution >= 0.6 is 24.0 Å². The maximum Gasteiger partial charge on any atom is 0.191 e. The minimum Gasteiger partial charge on any atom is -0.497 e. The Morgan fingerprint density at radius 3 is 2.42 bits per heavy atom. The molecule has 1 unspecified atom stereocenters. The summed E-state index contributed by atoms with van der Waals surface area (Å²) in [6.07, 6.45) is 0. The Morgan fingerprint density at radius 1 is 1.09 bits per heavy atom. The number of benzene rings is 2. The molecule has 2 N–H and O–H groups in total. The van der Waals surface area contributed by atoms with Crippen LogP contribution in [0.25, 0.3) is 0 Å². The van der Waals surface area contributed by atoms with Crippen molar-refractivity contribution in [2.75, 3.05) is 61.1 Å². The minimum atomic E-state index is 0. The Balaban J connectivity index is 0.00000385. The van der Waals surface area contributed by atoms with Crippen LogP contribution in [0.1, 0.15) is 22.7 Å². The standard InChI is InChI=1S/C25H37N5O2.HI/c1-26-25(27-17-20-6-5-7-21(16-20)19-29(2)3)28-18-24(30-12-14-32-15-13-30)22-8-10-23(31-4)11-9-22;/h5-11,16,24H,12-15,17-19H2,1-4H3,(H2,26,27,28);1H. The van der Waals surface area contributed by atoms with Crippen LogP contribution < -0.4 is 15.4 Å². The van der Waals surface area contributed by atoms with Crippen LogP contribution in [-0.2, 0) is 17.8 Å². The molecule has 182 valence electrons. The minimum absolute atomic E-state index is 0. The number of ether oxygens (including phenoxy) is 2. The fourth-order valence-electron chi connectivity index (χ4n) is 3.98. The van der Waals surface area contributed by atoms with E-state index >= 15 is 0 Å². The van der Waals surface area contributed by atoms with Gasteiger partial charge in [0.05, 0.1) is 26.4 Å². The summed E-state index contributed by atoms with van der Waals surface area (Å²) in [5.41, 5.74) is 3.81. The zero-order valence-electron chi connectivity index (χ0n) is 20.2. The summed E-state index contributed by atoms with van der Waals surface area (Å²) in [5, 5.41) is 6.98. The molecular weight excluding hydrogens is 529 g/mol. The average molecular weight is 568 g/mol. The van der Waals surface area contributed by atoms with Gasteiger partial charge in [0.25, 0.3) is 0 Å². The normalized spacial score (nSPS) is 15.6. The Morgan fingerprint density at radius 2 is 1.79 bits per heavy atom. The molecule has 0 amide bonds. The van der Waals surface area contributed by atoms with Gasteiger partial charge >= 0.3 is 0 Å². The van der Waals surface area contributed by atoms with E-state index in [9.17, 15) is 0 Å². The monoisotopic (exact) mass is 567 g/mol. The molecule has 33 heavy (non-hydrogen) atoms. The zero-order chi connectivity index (χ0) is 22.8. The summed E-state index contributed by atoms with van der Waals surface area (Å²) >= 11 is 0. The highest BCUT2D eigenvalue weighted by atomic mass is 127. The van der Waals surface area contributed by atoms with E-state index in [4.69, 9.17) is 9.47 Å². The molecule has 0 saturated carbocycles. The second kappa shape index (κ2) is 14.4. The number of rotatable bonds is 9. The van der Waals surface area contributed by atoms with Gasteiger partial charge in [-0.15, -0.1) is 24.0 Å². The van der Waals surface area contributed by atoms with E-state index in [0.29, 0.717) is 0 Å². The summed E-state index contributed by atoms with van der Waals surface area (Å²) in [4.78, 5) is 9.08. The van der Waals surface area contributed by atoms with Gasteiger partial charge in [-0.25, -0.2) is 0 Å². The fraction of sp³-hybridized carbons (Fsp3) is 0.480. The lowest BCUT2D eigenvalue weighted by Gasteiger charge is -2.35. The SMILES string of the molecule is CN=C(NCc1cccc(CN(C)C)c1)NCC(c1ccc(OC)cc1)N1CCOCC1.I. The van der Waals surface area contributed by atoms with Gasteiger partial charge in [-0.3, -0.25) is 9.89 Å². The number of guanidine groups is 1. The quantitative estimate of drug-likeness (QED) is 0.276. The number of methoxy groups -OCH3 is 1. The lowest BCUT2D eigenvalue weighted by Crippen LogP contribution is -2.46. The average Bonchev–Trinajstić information content (AvgIpc) is 2.82. The predicted octanol–water partition coefficient (Wildman–Crippen LogP) is 3.11. The first-order valence-corrected chi connectivity index (χ1v) is 11.2. The molecule has 0 bridgehead atoms. The van der Waals surface area contributed by atoms with Gasteiger partial charge in [-0.2, -0.15) is 0 Å². The maximum absolute atomic E-state index is 5.57. The molecule has 0 radical (unpaired) electrons. The Labute approximate surface area is 215 Å². The molecule has 3 rings (SSSR count). The molecule has 0 aliphatic carbocycles. The lowest BCUT2D eigenvalue weighted by molar-refractivity contribution is 0.0170. The van der Waals surface area contributed by atoms with Crippen LogP contribution in [0.4, 0.5) is 0 Å². The summed E-state index contributed by atoms with van der Waals surface area (Å²) in [6.45, 7) is 5.79. The third-order valence-electron chi connectivity index (χ3n) is 5.62. The van der Waals surface area contributed by atoms with Crippen molar-refractivity contribution in [3.8, 4) is 5.75 Å². The molecule has 2 aromatic rings. The van der Waals surface area contributed by atoms with Gasteiger partial charge in [0.1, 0.15) is 5.75 Å². The van der Waals surface area contributed by atoms with Crippen LogP contribution in [0.2, 0.25) is 0 Å². The van der Waals surface area contributed by atoms with Gasteiger partial charge in [-0.1, -0.05) is 36.4 Å². The third-order valence-corrected chi connectivity index (χ3v) is 5.62. The van der Waals surface area contributed by atoms with Crippen LogP contribution in [0.5, 0.6) is 5.75 Å². The number of morpholine rings is 1. The topological polar surface area (TPSA) is 61.4 Å². The maximum atomic E-state index is 5.57. The van der Waals surface area contributed by atoms with E-state index in [2.05, 4.69) is 75.9 Å². The molecule has 1 saturated heterocycles. The van der Waals surface area contributed by atoms with Crippen LogP contribution in [0.15, 0.2) is 53.5 Å². The Hall–Kier alpha value is -1.88. The van der Waals surface area contributed by atoms with Crippen molar-refractivity contribution in [2.45, 2.75) is 19.1 Å². The van der Waals surface area contributed by atoms with Gasteiger partial charge in [0.15, 0.2) is 5.96 Å². The molecule has 1 fully saturated rings. The van der Waals surface area contributed by atoms with E-state index in [1.54, 1.807) is 7.11 Å². The second-order valence-corrected chi connectivity index (χ2v) is 8.30. The van der Waals surface area contributed by atoms with Gasteiger partial charge in [0.2, 0.25) is 0 Å². The summed E-state index contributed by atoms with van der Waals surface area (Å²) < 4.78 is 10.9. The summed E-state index contributed by atoms with van der Waals surface area (Å²) in [5.74, 6) is 1.67. The molecule has 7 nitrogen and oxygen atoms in total. The number of hydrogen-bond donors (Lipinski definition) is 2. The smallest absolute Gasteiger partial charge is 0.191 e. The first-order valence-electron chi connectivity index (χ1n) is 11.2. The summed E-state index contributed by atoms with van der Waals surface area (Å²) in [7, 11) is 7.69. The van der Waals surface area contributed by atoms with Crippen molar-refractivity contribution in [1.29, 1.82) is 0 Å². The van der Waals surface area contributed by atoms with E-state index in [1.807, 2.05) is 19.2 Å². The van der Waals surface area contributed by atoms with Crippen LogP contribution in [-0.4, -0.2) is 76.9 Å². The fourth-order valence-corrected chi connectivity index (χ4v) is 3.98. The zero-order valence-corrected chi connectivity index (χ0v) is 22.5. The number of hydrogen-bond acceptors (Lipinski definition) is 5. The number of nitrogens with zero attached hydrogens (tertiary/aromatic N) is 3. The Bertz CT molecular complexity index is 854. The second-order valence-electron chi connectivity index (χ2n) is 8.30.